The maximum Gasteiger partial charge on any atom is 0.409 e. The Morgan fingerprint density at radius 2 is 2.27 bits per heavy atom. The van der Waals surface area contributed by atoms with Crippen molar-refractivity contribution in [2.75, 3.05) is 6.54 Å². The molecule has 1 aromatic carbocycles. The molecule has 0 fully saturated rings. The molecule has 1 aromatic rings. The molecule has 3 N–H and O–H groups in total. The fraction of sp³-hybridized carbons (Fsp3) is 0.200. The Hall–Kier alpha value is -2.04. The lowest BCUT2D eigenvalue weighted by Gasteiger charge is -2.16. The summed E-state index contributed by atoms with van der Waals surface area (Å²) in [5, 5.41) is 2.73. The molecule has 2 amide bonds. The van der Waals surface area contributed by atoms with E-state index < -0.39 is 6.09 Å². The number of amides is 2. The fourth-order valence-electron chi connectivity index (χ4n) is 1.58. The molecule has 2 rings (SSSR count). The van der Waals surface area contributed by atoms with E-state index in [1.165, 1.54) is 0 Å². The molecule has 0 aromatic heterocycles. The first-order valence-corrected chi connectivity index (χ1v) is 4.55. The van der Waals surface area contributed by atoms with Gasteiger partial charge in [0, 0.05) is 12.1 Å². The summed E-state index contributed by atoms with van der Waals surface area (Å²) in [6, 6.07) is 4.84. The fourth-order valence-corrected chi connectivity index (χ4v) is 1.58. The molecule has 5 heteroatoms. The molecule has 0 saturated carbocycles. The van der Waals surface area contributed by atoms with Crippen molar-refractivity contribution in [1.82, 2.24) is 5.32 Å². The first-order valence-electron chi connectivity index (χ1n) is 4.55. The Labute approximate surface area is 86.2 Å². The minimum absolute atomic E-state index is 0.0955. The number of fused-ring (bicyclic) bond motifs is 1. The van der Waals surface area contributed by atoms with Crippen LogP contribution in [-0.2, 0) is 6.42 Å². The number of carbonyl (C=O) groups excluding carboxylic acids is 2. The average Bonchev–Trinajstić information content (AvgIpc) is 2.17. The van der Waals surface area contributed by atoms with Gasteiger partial charge in [-0.3, -0.25) is 4.79 Å². The quantitative estimate of drug-likeness (QED) is 0.699. The van der Waals surface area contributed by atoms with E-state index in [1.54, 1.807) is 18.2 Å². The first kappa shape index (κ1) is 9.51. The minimum atomic E-state index is -0.852. The maximum absolute atomic E-state index is 11.4. The topological polar surface area (TPSA) is 81.4 Å². The Balaban J connectivity index is 2.33. The predicted molar refractivity (Wildman–Crippen MR) is 52.7 cm³/mol. The molecule has 5 nitrogen and oxygen atoms in total. The molecule has 0 atom stereocenters. The summed E-state index contributed by atoms with van der Waals surface area (Å²) in [7, 11) is 0. The molecule has 1 aliphatic rings. The summed E-state index contributed by atoms with van der Waals surface area (Å²) in [5.41, 5.74) is 6.38. The molecule has 15 heavy (non-hydrogen) atoms. The molecular weight excluding hydrogens is 196 g/mol. The van der Waals surface area contributed by atoms with Gasteiger partial charge in [0.25, 0.3) is 5.91 Å². The summed E-state index contributed by atoms with van der Waals surface area (Å²) >= 11 is 0. The van der Waals surface area contributed by atoms with E-state index in [1.807, 2.05) is 0 Å². The lowest BCUT2D eigenvalue weighted by atomic mass is 10.0. The van der Waals surface area contributed by atoms with E-state index in [4.69, 9.17) is 10.5 Å². The van der Waals surface area contributed by atoms with Crippen LogP contribution >= 0.6 is 0 Å². The number of nitrogens with one attached hydrogen (secondary N) is 1. The summed E-state index contributed by atoms with van der Waals surface area (Å²) < 4.78 is 4.72. The number of hydrogen-bond acceptors (Lipinski definition) is 3. The van der Waals surface area contributed by atoms with Crippen LogP contribution in [0.5, 0.6) is 5.75 Å². The van der Waals surface area contributed by atoms with Crippen molar-refractivity contribution in [2.45, 2.75) is 6.42 Å². The highest BCUT2D eigenvalue weighted by molar-refractivity contribution is 5.96. The third-order valence-electron chi connectivity index (χ3n) is 2.22. The predicted octanol–water partition coefficient (Wildman–Crippen LogP) is 0.430. The number of benzene rings is 1. The van der Waals surface area contributed by atoms with Crippen LogP contribution in [0.3, 0.4) is 0 Å². The SMILES string of the molecule is NC(=O)Oc1ccc2c(c1)CCNC2=O. The van der Waals surface area contributed by atoms with Gasteiger partial charge >= 0.3 is 6.09 Å². The zero-order valence-corrected chi connectivity index (χ0v) is 7.95. The summed E-state index contributed by atoms with van der Waals surface area (Å²) in [5.74, 6) is 0.276. The second-order valence-corrected chi connectivity index (χ2v) is 3.25. The van der Waals surface area contributed by atoms with Gasteiger partial charge in [-0.25, -0.2) is 4.79 Å². The normalized spacial score (nSPS) is 14.0. The Bertz CT molecular complexity index is 429. The summed E-state index contributed by atoms with van der Waals surface area (Å²) in [6.45, 7) is 0.603. The van der Waals surface area contributed by atoms with Crippen molar-refractivity contribution < 1.29 is 14.3 Å². The molecular formula is C10H10N2O3. The molecule has 0 spiro atoms. The molecule has 0 saturated heterocycles. The van der Waals surface area contributed by atoms with E-state index in [9.17, 15) is 9.59 Å². The van der Waals surface area contributed by atoms with Crippen LogP contribution in [0, 0.1) is 0 Å². The number of ether oxygens (including phenoxy) is 1. The van der Waals surface area contributed by atoms with Gasteiger partial charge < -0.3 is 15.8 Å². The van der Waals surface area contributed by atoms with Crippen molar-refractivity contribution in [3.63, 3.8) is 0 Å². The monoisotopic (exact) mass is 206 g/mol. The van der Waals surface area contributed by atoms with Gasteiger partial charge in [0.1, 0.15) is 5.75 Å². The van der Waals surface area contributed by atoms with Crippen molar-refractivity contribution in [3.05, 3.63) is 29.3 Å². The molecule has 0 radical (unpaired) electrons. The van der Waals surface area contributed by atoms with E-state index >= 15 is 0 Å². The second kappa shape index (κ2) is 3.61. The van der Waals surface area contributed by atoms with Crippen LogP contribution in [0.2, 0.25) is 0 Å². The molecule has 0 aliphatic carbocycles. The van der Waals surface area contributed by atoms with Gasteiger partial charge in [-0.1, -0.05) is 0 Å². The summed E-state index contributed by atoms with van der Waals surface area (Å²) in [4.78, 5) is 21.9. The Kier molecular flexibility index (Phi) is 2.29. The van der Waals surface area contributed by atoms with Crippen LogP contribution in [0.1, 0.15) is 15.9 Å². The Morgan fingerprint density at radius 1 is 1.47 bits per heavy atom. The third-order valence-corrected chi connectivity index (χ3v) is 2.22. The van der Waals surface area contributed by atoms with Gasteiger partial charge in [0.05, 0.1) is 0 Å². The average molecular weight is 206 g/mol. The number of carbonyl (C=O) groups is 2. The van der Waals surface area contributed by atoms with Crippen molar-refractivity contribution in [3.8, 4) is 5.75 Å². The number of nitrogens with two attached hydrogens (primary N) is 1. The number of primary amides is 1. The second-order valence-electron chi connectivity index (χ2n) is 3.25. The van der Waals surface area contributed by atoms with Gasteiger partial charge in [-0.2, -0.15) is 0 Å². The van der Waals surface area contributed by atoms with Gasteiger partial charge in [0.2, 0.25) is 0 Å². The molecule has 1 heterocycles. The van der Waals surface area contributed by atoms with E-state index in [2.05, 4.69) is 5.32 Å². The standard InChI is InChI=1S/C10H10N2O3/c11-10(14)15-7-1-2-8-6(5-7)3-4-12-9(8)13/h1-2,5H,3-4H2,(H2,11,14)(H,12,13). The molecule has 0 bridgehead atoms. The van der Waals surface area contributed by atoms with Crippen LogP contribution in [-0.4, -0.2) is 18.5 Å². The number of rotatable bonds is 1. The van der Waals surface area contributed by atoms with Gasteiger partial charge in [-0.15, -0.1) is 0 Å². The largest absolute Gasteiger partial charge is 0.410 e. The van der Waals surface area contributed by atoms with Crippen molar-refractivity contribution in [1.29, 1.82) is 0 Å². The van der Waals surface area contributed by atoms with Crippen molar-refractivity contribution >= 4 is 12.0 Å². The number of hydrogen-bond donors (Lipinski definition) is 2. The molecule has 0 unspecified atom stereocenters. The van der Waals surface area contributed by atoms with Crippen LogP contribution in [0.15, 0.2) is 18.2 Å². The highest BCUT2D eigenvalue weighted by Gasteiger charge is 2.16. The van der Waals surface area contributed by atoms with Crippen LogP contribution in [0.25, 0.3) is 0 Å². The van der Waals surface area contributed by atoms with Crippen LogP contribution in [0.4, 0.5) is 4.79 Å². The Morgan fingerprint density at radius 3 is 3.00 bits per heavy atom. The van der Waals surface area contributed by atoms with Crippen molar-refractivity contribution in [2.24, 2.45) is 5.73 Å². The molecule has 78 valence electrons. The van der Waals surface area contributed by atoms with E-state index in [-0.39, 0.29) is 5.91 Å². The highest BCUT2D eigenvalue weighted by Crippen LogP contribution is 2.20. The summed E-state index contributed by atoms with van der Waals surface area (Å²) in [6.07, 6.45) is -0.118. The lowest BCUT2D eigenvalue weighted by Crippen LogP contribution is -2.31. The van der Waals surface area contributed by atoms with Gasteiger partial charge in [0.15, 0.2) is 0 Å². The smallest absolute Gasteiger partial charge is 0.409 e. The highest BCUT2D eigenvalue weighted by atomic mass is 16.5. The third kappa shape index (κ3) is 1.90. The van der Waals surface area contributed by atoms with Crippen LogP contribution < -0.4 is 15.8 Å². The van der Waals surface area contributed by atoms with E-state index in [0.29, 0.717) is 17.9 Å². The van der Waals surface area contributed by atoms with Gasteiger partial charge in [-0.05, 0) is 30.2 Å². The maximum atomic E-state index is 11.4. The molecule has 1 aliphatic heterocycles. The lowest BCUT2D eigenvalue weighted by molar-refractivity contribution is 0.0946. The minimum Gasteiger partial charge on any atom is -0.410 e. The first-order chi connectivity index (χ1) is 7.16. The van der Waals surface area contributed by atoms with E-state index in [0.717, 1.165) is 12.0 Å². The zero-order valence-electron chi connectivity index (χ0n) is 7.95. The zero-order chi connectivity index (χ0) is 10.8.